The number of hydrogen-bond donors (Lipinski definition) is 1. The van der Waals surface area contributed by atoms with Crippen LogP contribution in [0.4, 0.5) is 0 Å². The molecule has 1 aromatic heterocycles. The molecule has 0 unspecified atom stereocenters. The molecule has 0 atom stereocenters. The summed E-state index contributed by atoms with van der Waals surface area (Å²) < 4.78 is 5.60. The minimum Gasteiger partial charge on any atom is -0.464 e. The first-order valence-electron chi connectivity index (χ1n) is 6.38. The van der Waals surface area contributed by atoms with Crippen LogP contribution in [0.2, 0.25) is 0 Å². The van der Waals surface area contributed by atoms with E-state index < -0.39 is 0 Å². The van der Waals surface area contributed by atoms with Crippen molar-refractivity contribution in [3.63, 3.8) is 0 Å². The summed E-state index contributed by atoms with van der Waals surface area (Å²) in [5.41, 5.74) is 2.05. The minimum absolute atomic E-state index is 0.00326. The molecule has 0 bridgehead atoms. The lowest BCUT2D eigenvalue weighted by molar-refractivity contribution is -0.118. The van der Waals surface area contributed by atoms with Gasteiger partial charge in [0.1, 0.15) is 5.58 Å². The van der Waals surface area contributed by atoms with Gasteiger partial charge in [-0.25, -0.2) is 0 Å². The summed E-state index contributed by atoms with van der Waals surface area (Å²) in [7, 11) is 0. The van der Waals surface area contributed by atoms with Gasteiger partial charge in [0.15, 0.2) is 0 Å². The Balaban J connectivity index is 2.06. The zero-order chi connectivity index (χ0) is 13.2. The molecule has 0 saturated carbocycles. The molecule has 0 fully saturated rings. The van der Waals surface area contributed by atoms with E-state index >= 15 is 0 Å². The van der Waals surface area contributed by atoms with E-state index in [2.05, 4.69) is 23.5 Å². The number of rotatable bonds is 3. The largest absolute Gasteiger partial charge is 0.464 e. The fourth-order valence-electron chi connectivity index (χ4n) is 2.45. The van der Waals surface area contributed by atoms with E-state index in [0.29, 0.717) is 6.54 Å². The lowest BCUT2D eigenvalue weighted by Gasteiger charge is -2.06. The predicted octanol–water partition coefficient (Wildman–Crippen LogP) is 3.26. The van der Waals surface area contributed by atoms with Gasteiger partial charge in [-0.2, -0.15) is 0 Å². The Labute approximate surface area is 111 Å². The van der Waals surface area contributed by atoms with Gasteiger partial charge in [0.2, 0.25) is 5.91 Å². The van der Waals surface area contributed by atoms with Gasteiger partial charge in [0.05, 0.1) is 6.26 Å². The maximum Gasteiger partial charge on any atom is 0.216 e. The van der Waals surface area contributed by atoms with Gasteiger partial charge in [-0.3, -0.25) is 4.79 Å². The number of amides is 1. The van der Waals surface area contributed by atoms with Crippen LogP contribution in [-0.4, -0.2) is 12.5 Å². The van der Waals surface area contributed by atoms with Crippen molar-refractivity contribution in [2.24, 2.45) is 0 Å². The van der Waals surface area contributed by atoms with Crippen molar-refractivity contribution in [3.8, 4) is 0 Å². The Bertz CT molecular complexity index is 743. The average Bonchev–Trinajstić information content (AvgIpc) is 2.88. The normalized spacial score (nSPS) is 11.0. The van der Waals surface area contributed by atoms with E-state index in [0.717, 1.165) is 23.0 Å². The van der Waals surface area contributed by atoms with Gasteiger partial charge in [0, 0.05) is 18.9 Å². The van der Waals surface area contributed by atoms with Crippen molar-refractivity contribution < 1.29 is 9.21 Å². The zero-order valence-electron chi connectivity index (χ0n) is 10.8. The standard InChI is InChI=1S/C16H15NO2/c1-11(18)17-8-6-13-10-12-4-2-3-5-14(12)15-7-9-19-16(13)15/h2-5,7,9-10H,6,8H2,1H3,(H,17,18). The van der Waals surface area contributed by atoms with Crippen LogP contribution in [0, 0.1) is 0 Å². The monoisotopic (exact) mass is 253 g/mol. The lowest BCUT2D eigenvalue weighted by Crippen LogP contribution is -2.22. The van der Waals surface area contributed by atoms with Crippen molar-refractivity contribution in [1.82, 2.24) is 5.32 Å². The van der Waals surface area contributed by atoms with Gasteiger partial charge in [-0.05, 0) is 34.9 Å². The second kappa shape index (κ2) is 4.76. The molecule has 96 valence electrons. The Morgan fingerprint density at radius 3 is 2.89 bits per heavy atom. The highest BCUT2D eigenvalue weighted by Gasteiger charge is 2.09. The fraction of sp³-hybridized carbons (Fsp3) is 0.188. The molecule has 0 radical (unpaired) electrons. The third kappa shape index (κ3) is 2.19. The minimum atomic E-state index is -0.00326. The molecule has 0 aliphatic carbocycles. The molecule has 3 heteroatoms. The van der Waals surface area contributed by atoms with E-state index in [1.165, 1.54) is 17.7 Å². The summed E-state index contributed by atoms with van der Waals surface area (Å²) in [6.45, 7) is 2.16. The van der Waals surface area contributed by atoms with E-state index in [1.807, 2.05) is 18.2 Å². The van der Waals surface area contributed by atoms with E-state index in [4.69, 9.17) is 4.42 Å². The van der Waals surface area contributed by atoms with Gasteiger partial charge in [-0.15, -0.1) is 0 Å². The number of furan rings is 1. The molecular formula is C16H15NO2. The highest BCUT2D eigenvalue weighted by atomic mass is 16.3. The second-order valence-corrected chi connectivity index (χ2v) is 4.65. The summed E-state index contributed by atoms with van der Waals surface area (Å²) in [4.78, 5) is 10.9. The molecule has 3 nitrogen and oxygen atoms in total. The van der Waals surface area contributed by atoms with Crippen LogP contribution in [0.25, 0.3) is 21.7 Å². The highest BCUT2D eigenvalue weighted by Crippen LogP contribution is 2.29. The van der Waals surface area contributed by atoms with Crippen molar-refractivity contribution in [1.29, 1.82) is 0 Å². The van der Waals surface area contributed by atoms with Crippen LogP contribution in [0.1, 0.15) is 12.5 Å². The number of carbonyl (C=O) groups excluding carboxylic acids is 1. The van der Waals surface area contributed by atoms with Crippen LogP contribution < -0.4 is 5.32 Å². The SMILES string of the molecule is CC(=O)NCCc1cc2ccccc2c2ccoc12. The molecule has 1 N–H and O–H groups in total. The molecule has 3 rings (SSSR count). The maximum absolute atomic E-state index is 10.9. The van der Waals surface area contributed by atoms with Crippen LogP contribution in [0.15, 0.2) is 47.1 Å². The van der Waals surface area contributed by atoms with Crippen LogP contribution in [0.5, 0.6) is 0 Å². The zero-order valence-corrected chi connectivity index (χ0v) is 10.8. The average molecular weight is 253 g/mol. The Hall–Kier alpha value is -2.29. The van der Waals surface area contributed by atoms with Crippen LogP contribution in [-0.2, 0) is 11.2 Å². The van der Waals surface area contributed by atoms with Gasteiger partial charge in [0.25, 0.3) is 0 Å². The van der Waals surface area contributed by atoms with Crippen LogP contribution in [0.3, 0.4) is 0 Å². The number of carbonyl (C=O) groups is 1. The van der Waals surface area contributed by atoms with Crippen molar-refractivity contribution in [3.05, 3.63) is 48.2 Å². The summed E-state index contributed by atoms with van der Waals surface area (Å²) in [6.07, 6.45) is 2.49. The van der Waals surface area contributed by atoms with E-state index in [1.54, 1.807) is 6.26 Å². The number of nitrogens with one attached hydrogen (secondary N) is 1. The predicted molar refractivity (Wildman–Crippen MR) is 76.1 cm³/mol. The molecule has 3 aromatic rings. The molecule has 0 aliphatic rings. The van der Waals surface area contributed by atoms with Crippen LogP contribution >= 0.6 is 0 Å². The van der Waals surface area contributed by atoms with Gasteiger partial charge in [-0.1, -0.05) is 24.3 Å². The first-order chi connectivity index (χ1) is 9.25. The highest BCUT2D eigenvalue weighted by molar-refractivity contribution is 6.07. The third-order valence-electron chi connectivity index (χ3n) is 3.31. The maximum atomic E-state index is 10.9. The molecule has 0 saturated heterocycles. The Morgan fingerprint density at radius 1 is 1.21 bits per heavy atom. The number of fused-ring (bicyclic) bond motifs is 3. The second-order valence-electron chi connectivity index (χ2n) is 4.65. The lowest BCUT2D eigenvalue weighted by atomic mass is 10.0. The Kier molecular flexibility index (Phi) is 2.95. The third-order valence-corrected chi connectivity index (χ3v) is 3.31. The summed E-state index contributed by atoms with van der Waals surface area (Å²) in [5, 5.41) is 6.36. The molecule has 1 heterocycles. The summed E-state index contributed by atoms with van der Waals surface area (Å²) >= 11 is 0. The molecule has 0 spiro atoms. The summed E-state index contributed by atoms with van der Waals surface area (Å²) in [5.74, 6) is -0.00326. The molecule has 1 amide bonds. The molecular weight excluding hydrogens is 238 g/mol. The van der Waals surface area contributed by atoms with Crippen molar-refractivity contribution in [2.75, 3.05) is 6.54 Å². The Morgan fingerprint density at radius 2 is 2.05 bits per heavy atom. The first-order valence-corrected chi connectivity index (χ1v) is 6.38. The van der Waals surface area contributed by atoms with Gasteiger partial charge < -0.3 is 9.73 Å². The topological polar surface area (TPSA) is 42.2 Å². The summed E-state index contributed by atoms with van der Waals surface area (Å²) in [6, 6.07) is 12.4. The number of hydrogen-bond acceptors (Lipinski definition) is 2. The van der Waals surface area contributed by atoms with E-state index in [9.17, 15) is 4.79 Å². The molecule has 0 aliphatic heterocycles. The fourth-order valence-corrected chi connectivity index (χ4v) is 2.45. The number of benzene rings is 2. The molecule has 19 heavy (non-hydrogen) atoms. The molecule has 2 aromatic carbocycles. The van der Waals surface area contributed by atoms with Gasteiger partial charge >= 0.3 is 0 Å². The smallest absolute Gasteiger partial charge is 0.216 e. The van der Waals surface area contributed by atoms with Crippen molar-refractivity contribution in [2.45, 2.75) is 13.3 Å². The quantitative estimate of drug-likeness (QED) is 0.778. The van der Waals surface area contributed by atoms with Crippen molar-refractivity contribution >= 4 is 27.6 Å². The van der Waals surface area contributed by atoms with E-state index in [-0.39, 0.29) is 5.91 Å². The first kappa shape index (κ1) is 11.8.